The molecule has 5 nitrogen and oxygen atoms in total. The number of hydrogen-bond acceptors (Lipinski definition) is 4. The third kappa shape index (κ3) is 4.92. The van der Waals surface area contributed by atoms with E-state index in [0.29, 0.717) is 24.4 Å². The van der Waals surface area contributed by atoms with Gasteiger partial charge in [0, 0.05) is 51.7 Å². The molecule has 4 aliphatic rings. The number of rotatable bonds is 8. The van der Waals surface area contributed by atoms with E-state index in [9.17, 15) is 4.79 Å². The van der Waals surface area contributed by atoms with Gasteiger partial charge in [-0.1, -0.05) is 72.3 Å². The number of carbonyl (C=O) groups excluding carboxylic acids is 1. The van der Waals surface area contributed by atoms with Crippen LogP contribution in [0.4, 0.5) is 0 Å². The van der Waals surface area contributed by atoms with E-state index in [2.05, 4.69) is 0 Å². The zero-order chi connectivity index (χ0) is 26.0. The lowest BCUT2D eigenvalue weighted by atomic mass is 9.85. The number of halogens is 1. The van der Waals surface area contributed by atoms with Gasteiger partial charge < -0.3 is 18.7 Å². The molecule has 2 aromatic rings. The number of benzene rings is 2. The van der Waals surface area contributed by atoms with Gasteiger partial charge in [0.05, 0.1) is 25.2 Å². The zero-order valence-electron chi connectivity index (χ0n) is 22.3. The van der Waals surface area contributed by atoms with Gasteiger partial charge in [-0.05, 0) is 36.3 Å². The monoisotopic (exact) mass is 538 g/mol. The molecule has 2 bridgehead atoms. The average Bonchev–Trinajstić information content (AvgIpc) is 3.49. The van der Waals surface area contributed by atoms with E-state index in [-0.39, 0.29) is 12.1 Å². The number of quaternary nitrogens is 1. The second-order valence-electron chi connectivity index (χ2n) is 11.9. The average molecular weight is 539 g/mol. The Morgan fingerprint density at radius 2 is 1.45 bits per heavy atom. The summed E-state index contributed by atoms with van der Waals surface area (Å²) in [5.41, 5.74) is -0.533. The second kappa shape index (κ2) is 11.3. The summed E-state index contributed by atoms with van der Waals surface area (Å²) < 4.78 is 20.0. The number of piperidine rings is 1. The van der Waals surface area contributed by atoms with Gasteiger partial charge in [-0.15, -0.1) is 0 Å². The first-order valence-corrected chi connectivity index (χ1v) is 15.1. The molecule has 0 saturated carbocycles. The minimum atomic E-state index is -1.42. The van der Waals surface area contributed by atoms with Crippen molar-refractivity contribution in [3.8, 4) is 0 Å². The first kappa shape index (κ1) is 26.3. The minimum Gasteiger partial charge on any atom is -0.459 e. The van der Waals surface area contributed by atoms with Crippen LogP contribution in [-0.2, 0) is 24.6 Å². The number of nitrogens with zero attached hydrogens (tertiary/aromatic N) is 1. The molecule has 38 heavy (non-hydrogen) atoms. The summed E-state index contributed by atoms with van der Waals surface area (Å²) in [6.45, 7) is 4.11. The normalized spacial score (nSPS) is 27.9. The molecule has 0 aromatic heterocycles. The third-order valence-corrected chi connectivity index (χ3v) is 10.1. The predicted octanol–water partition coefficient (Wildman–Crippen LogP) is 6.18. The van der Waals surface area contributed by atoms with Gasteiger partial charge in [0.15, 0.2) is 0 Å². The topological polar surface area (TPSA) is 44.8 Å². The largest absolute Gasteiger partial charge is 0.459 e. The molecule has 1 spiro atoms. The molecule has 0 aliphatic carbocycles. The third-order valence-electron chi connectivity index (χ3n) is 9.84. The Balaban J connectivity index is 1.29. The van der Waals surface area contributed by atoms with Gasteiger partial charge in [0.1, 0.15) is 11.7 Å². The van der Waals surface area contributed by atoms with Gasteiger partial charge >= 0.3 is 5.97 Å². The fourth-order valence-electron chi connectivity index (χ4n) is 7.96. The van der Waals surface area contributed by atoms with Gasteiger partial charge in [0.25, 0.3) is 0 Å². The highest BCUT2D eigenvalue weighted by Gasteiger charge is 2.57. The fourth-order valence-corrected chi connectivity index (χ4v) is 8.34. The predicted molar refractivity (Wildman–Crippen MR) is 148 cm³/mol. The van der Waals surface area contributed by atoms with Crippen LogP contribution in [0, 0.1) is 5.92 Å². The lowest BCUT2D eigenvalue weighted by Gasteiger charge is -2.47. The van der Waals surface area contributed by atoms with Gasteiger partial charge in [0.2, 0.25) is 5.60 Å². The van der Waals surface area contributed by atoms with Crippen LogP contribution in [0.3, 0.4) is 0 Å². The summed E-state index contributed by atoms with van der Waals surface area (Å²) in [6.07, 6.45) is 9.61. The van der Waals surface area contributed by atoms with Crippen LogP contribution in [-0.4, -0.2) is 60.5 Å². The second-order valence-corrected chi connectivity index (χ2v) is 12.4. The zero-order valence-corrected chi connectivity index (χ0v) is 23.1. The highest BCUT2D eigenvalue weighted by atomic mass is 35.5. The summed E-state index contributed by atoms with van der Waals surface area (Å²) in [4.78, 5) is 14.5. The number of esters is 1. The van der Waals surface area contributed by atoms with E-state index in [1.165, 1.54) is 43.3 Å². The van der Waals surface area contributed by atoms with E-state index in [1.54, 1.807) is 0 Å². The maximum absolute atomic E-state index is 14.5. The first-order valence-electron chi connectivity index (χ1n) is 14.7. The Morgan fingerprint density at radius 1 is 0.895 bits per heavy atom. The maximum atomic E-state index is 14.5. The van der Waals surface area contributed by atoms with Crippen molar-refractivity contribution < 1.29 is 23.5 Å². The van der Waals surface area contributed by atoms with E-state index in [4.69, 9.17) is 25.8 Å². The van der Waals surface area contributed by atoms with E-state index in [1.807, 2.05) is 60.7 Å². The van der Waals surface area contributed by atoms with Crippen molar-refractivity contribution >= 4 is 17.6 Å². The van der Waals surface area contributed by atoms with E-state index in [0.717, 1.165) is 50.0 Å². The molecule has 4 aliphatic heterocycles. The van der Waals surface area contributed by atoms with Crippen LogP contribution in [0.15, 0.2) is 60.7 Å². The molecular weight excluding hydrogens is 498 g/mol. The standard InChI is InChI=1S/C32H41ClNO4/c33-30(21-24-15-19-36-20-16-24)38-32(25-9-3-1-4-10-25,26-11-5-2-6-12-26)31(35)37-29-22-27-13-14-28(23-29)34(27)17-7-8-18-34/h1-6,9-12,24,27-30H,7-8,13-23H2/q+1. The SMILES string of the molecule is O=C(OC1CC2CCC(C1)[N+]21CCCC1)C(OC(Cl)CC1CCOCC1)(c1ccccc1)c1ccccc1. The molecule has 4 heterocycles. The Hall–Kier alpha value is -1.92. The quantitative estimate of drug-likeness (QED) is 0.229. The van der Waals surface area contributed by atoms with Gasteiger partial charge in [-0.25, -0.2) is 4.79 Å². The Labute approximate surface area is 232 Å². The van der Waals surface area contributed by atoms with Crippen molar-refractivity contribution in [3.63, 3.8) is 0 Å². The number of alkyl halides is 1. The Bertz CT molecular complexity index is 1010. The smallest absolute Gasteiger partial charge is 0.348 e. The molecule has 204 valence electrons. The van der Waals surface area contributed by atoms with E-state index >= 15 is 0 Å². The lowest BCUT2D eigenvalue weighted by molar-refractivity contribution is -0.956. The van der Waals surface area contributed by atoms with E-state index < -0.39 is 11.2 Å². The summed E-state index contributed by atoms with van der Waals surface area (Å²) in [5, 5.41) is 0. The molecule has 6 heteroatoms. The van der Waals surface area contributed by atoms with Crippen molar-refractivity contribution in [2.75, 3.05) is 26.3 Å². The molecule has 4 fully saturated rings. The van der Waals surface area contributed by atoms with Crippen LogP contribution in [0.25, 0.3) is 0 Å². The Kier molecular flexibility index (Phi) is 7.82. The molecule has 0 amide bonds. The molecule has 0 radical (unpaired) electrons. The molecule has 2 aromatic carbocycles. The molecule has 6 rings (SSSR count). The summed E-state index contributed by atoms with van der Waals surface area (Å²) in [5.74, 6) is 0.0765. The van der Waals surface area contributed by atoms with Crippen LogP contribution in [0.1, 0.15) is 68.9 Å². The summed E-state index contributed by atoms with van der Waals surface area (Å²) in [7, 11) is 0. The van der Waals surface area contributed by atoms with Crippen molar-refractivity contribution in [1.29, 1.82) is 0 Å². The summed E-state index contributed by atoms with van der Waals surface area (Å²) in [6, 6.07) is 20.8. The first-order chi connectivity index (χ1) is 18.6. The molecule has 0 N–H and O–H groups in total. The number of carbonyl (C=O) groups is 1. The highest BCUT2D eigenvalue weighted by molar-refractivity contribution is 6.19. The van der Waals surface area contributed by atoms with Crippen LogP contribution in [0.5, 0.6) is 0 Å². The minimum absolute atomic E-state index is 0.0796. The van der Waals surface area contributed by atoms with Crippen LogP contribution < -0.4 is 0 Å². The number of ether oxygens (including phenoxy) is 3. The van der Waals surface area contributed by atoms with Crippen molar-refractivity contribution in [1.82, 2.24) is 0 Å². The lowest BCUT2D eigenvalue weighted by Crippen LogP contribution is -2.60. The van der Waals surface area contributed by atoms with Crippen molar-refractivity contribution in [3.05, 3.63) is 71.8 Å². The molecule has 3 unspecified atom stereocenters. The molecule has 4 saturated heterocycles. The summed E-state index contributed by atoms with van der Waals surface area (Å²) >= 11 is 6.95. The van der Waals surface area contributed by atoms with Crippen LogP contribution >= 0.6 is 11.6 Å². The highest BCUT2D eigenvalue weighted by Crippen LogP contribution is 2.47. The Morgan fingerprint density at radius 3 is 2.00 bits per heavy atom. The fraction of sp³-hybridized carbons (Fsp3) is 0.594. The number of hydrogen-bond donors (Lipinski definition) is 0. The molecule has 3 atom stereocenters. The molecular formula is C32H41ClNO4+. The van der Waals surface area contributed by atoms with Crippen molar-refractivity contribution in [2.45, 2.75) is 87.1 Å². The maximum Gasteiger partial charge on any atom is 0.348 e. The van der Waals surface area contributed by atoms with Crippen molar-refractivity contribution in [2.24, 2.45) is 5.92 Å². The van der Waals surface area contributed by atoms with Crippen LogP contribution in [0.2, 0.25) is 0 Å². The van der Waals surface area contributed by atoms with Gasteiger partial charge in [-0.3, -0.25) is 0 Å². The van der Waals surface area contributed by atoms with Gasteiger partial charge in [-0.2, -0.15) is 0 Å².